The van der Waals surface area contributed by atoms with Crippen molar-refractivity contribution in [1.82, 2.24) is 0 Å². The van der Waals surface area contributed by atoms with Crippen LogP contribution in [0.5, 0.6) is 0 Å². The van der Waals surface area contributed by atoms with Gasteiger partial charge in [0.25, 0.3) is 0 Å². The number of azide groups is 2. The Morgan fingerprint density at radius 2 is 0.950 bits per heavy atom. The first-order valence-corrected chi connectivity index (χ1v) is 7.09. The Morgan fingerprint density at radius 1 is 0.600 bits per heavy atom. The van der Waals surface area contributed by atoms with E-state index in [1.54, 1.807) is 0 Å². The molecule has 0 unspecified atom stereocenters. The molecule has 0 saturated heterocycles. The molecule has 0 radical (unpaired) electrons. The molecule has 0 fully saturated rings. The third-order valence-electron chi connectivity index (χ3n) is 2.55. The molecule has 0 heterocycles. The summed E-state index contributed by atoms with van der Waals surface area (Å²) < 4.78 is 10.9. The zero-order valence-corrected chi connectivity index (χ0v) is 12.0. The minimum Gasteiger partial charge on any atom is -0.381 e. The van der Waals surface area contributed by atoms with Gasteiger partial charge in [0.15, 0.2) is 0 Å². The number of rotatable bonds is 15. The molecule has 0 bridgehead atoms. The normalized spacial score (nSPS) is 9.80. The van der Waals surface area contributed by atoms with Crippen molar-refractivity contribution < 1.29 is 9.47 Å². The SMILES string of the molecule is [N-]=[N+]=NCCCCOCCCCOCCCCN=[N+]=[N-]. The van der Waals surface area contributed by atoms with Crippen LogP contribution in [-0.4, -0.2) is 39.5 Å². The third kappa shape index (κ3) is 16.5. The van der Waals surface area contributed by atoms with Gasteiger partial charge in [-0.25, -0.2) is 0 Å². The van der Waals surface area contributed by atoms with Crippen molar-refractivity contribution in [3.63, 3.8) is 0 Å². The molecule has 0 aliphatic rings. The highest BCUT2D eigenvalue weighted by Crippen LogP contribution is 1.97. The third-order valence-corrected chi connectivity index (χ3v) is 2.55. The van der Waals surface area contributed by atoms with Crippen molar-refractivity contribution in [1.29, 1.82) is 0 Å². The van der Waals surface area contributed by atoms with Gasteiger partial charge in [0.1, 0.15) is 0 Å². The van der Waals surface area contributed by atoms with Crippen LogP contribution in [0.2, 0.25) is 0 Å². The lowest BCUT2D eigenvalue weighted by atomic mass is 10.3. The molecule has 0 N–H and O–H groups in total. The molecule has 8 nitrogen and oxygen atoms in total. The van der Waals surface area contributed by atoms with Gasteiger partial charge in [0, 0.05) is 49.3 Å². The zero-order valence-electron chi connectivity index (χ0n) is 12.0. The summed E-state index contributed by atoms with van der Waals surface area (Å²) >= 11 is 0. The number of hydrogen-bond acceptors (Lipinski definition) is 4. The monoisotopic (exact) mass is 284 g/mol. The number of nitrogens with zero attached hydrogens (tertiary/aromatic N) is 6. The maximum atomic E-state index is 8.08. The molecule has 8 heteroatoms. The standard InChI is InChI=1S/C12H24N6O2/c13-17-15-7-1-3-9-19-11-5-6-12-20-10-4-2-8-16-18-14/h1-12H2. The molecule has 0 spiro atoms. The Morgan fingerprint density at radius 3 is 1.30 bits per heavy atom. The summed E-state index contributed by atoms with van der Waals surface area (Å²) in [7, 11) is 0. The van der Waals surface area contributed by atoms with Gasteiger partial charge >= 0.3 is 0 Å². The largest absolute Gasteiger partial charge is 0.381 e. The van der Waals surface area contributed by atoms with Crippen LogP contribution < -0.4 is 0 Å². The first kappa shape index (κ1) is 18.5. The van der Waals surface area contributed by atoms with E-state index in [9.17, 15) is 0 Å². The molecular formula is C12H24N6O2. The summed E-state index contributed by atoms with van der Waals surface area (Å²) in [5.74, 6) is 0. The second-order valence-electron chi connectivity index (χ2n) is 4.26. The lowest BCUT2D eigenvalue weighted by Crippen LogP contribution is -2.01. The average molecular weight is 284 g/mol. The van der Waals surface area contributed by atoms with Gasteiger partial charge in [-0.05, 0) is 49.6 Å². The summed E-state index contributed by atoms with van der Waals surface area (Å²) in [6.07, 6.45) is 5.61. The fourth-order valence-electron chi connectivity index (χ4n) is 1.48. The number of ether oxygens (including phenoxy) is 2. The van der Waals surface area contributed by atoms with E-state index in [1.165, 1.54) is 0 Å². The fourth-order valence-corrected chi connectivity index (χ4v) is 1.48. The van der Waals surface area contributed by atoms with Crippen molar-refractivity contribution in [2.24, 2.45) is 10.2 Å². The van der Waals surface area contributed by atoms with Gasteiger partial charge in [-0.15, -0.1) is 0 Å². The molecule has 0 aliphatic heterocycles. The molecule has 0 amide bonds. The van der Waals surface area contributed by atoms with Gasteiger partial charge < -0.3 is 9.47 Å². The molecule has 114 valence electrons. The molecule has 0 saturated carbocycles. The molecule has 0 aromatic rings. The van der Waals surface area contributed by atoms with Gasteiger partial charge in [-0.3, -0.25) is 0 Å². The predicted octanol–water partition coefficient (Wildman–Crippen LogP) is 3.98. The summed E-state index contributed by atoms with van der Waals surface area (Å²) in [6, 6.07) is 0. The second-order valence-corrected chi connectivity index (χ2v) is 4.26. The highest BCUT2D eigenvalue weighted by molar-refractivity contribution is 4.48. The topological polar surface area (TPSA) is 116 Å². The van der Waals surface area contributed by atoms with Crippen LogP contribution in [0.1, 0.15) is 38.5 Å². The second kappa shape index (κ2) is 17.5. The van der Waals surface area contributed by atoms with Crippen molar-refractivity contribution in [2.45, 2.75) is 38.5 Å². The van der Waals surface area contributed by atoms with E-state index in [4.69, 9.17) is 20.5 Å². The van der Waals surface area contributed by atoms with Crippen LogP contribution in [0.4, 0.5) is 0 Å². The lowest BCUT2D eigenvalue weighted by molar-refractivity contribution is 0.0999. The Hall–Kier alpha value is -1.46. The molecule has 0 atom stereocenters. The van der Waals surface area contributed by atoms with E-state index in [2.05, 4.69) is 20.1 Å². The van der Waals surface area contributed by atoms with Gasteiger partial charge in [0.05, 0.1) is 0 Å². The molecule has 20 heavy (non-hydrogen) atoms. The van der Waals surface area contributed by atoms with Crippen molar-refractivity contribution in [3.8, 4) is 0 Å². The van der Waals surface area contributed by atoms with E-state index < -0.39 is 0 Å². The van der Waals surface area contributed by atoms with E-state index in [-0.39, 0.29) is 0 Å². The van der Waals surface area contributed by atoms with Crippen molar-refractivity contribution in [3.05, 3.63) is 20.9 Å². The average Bonchev–Trinajstić information content (AvgIpc) is 2.47. The first-order valence-electron chi connectivity index (χ1n) is 7.09. The van der Waals surface area contributed by atoms with Crippen LogP contribution in [0.15, 0.2) is 10.2 Å². The molecule has 0 aliphatic carbocycles. The molecular weight excluding hydrogens is 260 g/mol. The molecule has 0 aromatic heterocycles. The van der Waals surface area contributed by atoms with Gasteiger partial charge in [-0.2, -0.15) is 0 Å². The Kier molecular flexibility index (Phi) is 16.3. The Bertz CT molecular complexity index is 270. The summed E-state index contributed by atoms with van der Waals surface area (Å²) in [6.45, 7) is 4.05. The van der Waals surface area contributed by atoms with E-state index >= 15 is 0 Å². The highest BCUT2D eigenvalue weighted by Gasteiger charge is 1.92. The van der Waals surface area contributed by atoms with E-state index in [1.807, 2.05) is 0 Å². The summed E-state index contributed by atoms with van der Waals surface area (Å²) in [4.78, 5) is 5.38. The predicted molar refractivity (Wildman–Crippen MR) is 77.4 cm³/mol. The molecule has 0 aromatic carbocycles. The minimum atomic E-state index is 0.549. The van der Waals surface area contributed by atoms with Crippen molar-refractivity contribution in [2.75, 3.05) is 39.5 Å². The van der Waals surface area contributed by atoms with Crippen molar-refractivity contribution >= 4 is 0 Å². The van der Waals surface area contributed by atoms with Crippen LogP contribution in [0.25, 0.3) is 20.9 Å². The summed E-state index contributed by atoms with van der Waals surface area (Å²) in [5.41, 5.74) is 16.2. The van der Waals surface area contributed by atoms with Crippen LogP contribution in [0.3, 0.4) is 0 Å². The van der Waals surface area contributed by atoms with Crippen LogP contribution in [0, 0.1) is 0 Å². The first-order chi connectivity index (χ1) is 9.91. The Balaban J connectivity index is 2.99. The maximum absolute atomic E-state index is 8.08. The van der Waals surface area contributed by atoms with E-state index in [0.29, 0.717) is 13.1 Å². The fraction of sp³-hybridized carbons (Fsp3) is 1.00. The Labute approximate surface area is 119 Å². The lowest BCUT2D eigenvalue weighted by Gasteiger charge is -2.05. The quantitative estimate of drug-likeness (QED) is 0.196. The van der Waals surface area contributed by atoms with Gasteiger partial charge in [-0.1, -0.05) is 10.2 Å². The van der Waals surface area contributed by atoms with E-state index in [0.717, 1.165) is 65.0 Å². The maximum Gasteiger partial charge on any atom is 0.0466 e. The van der Waals surface area contributed by atoms with Crippen LogP contribution >= 0.6 is 0 Å². The number of hydrogen-bond donors (Lipinski definition) is 0. The number of unbranched alkanes of at least 4 members (excludes halogenated alkanes) is 3. The van der Waals surface area contributed by atoms with Gasteiger partial charge in [0.2, 0.25) is 0 Å². The molecule has 0 rings (SSSR count). The zero-order chi connectivity index (χ0) is 14.7. The highest BCUT2D eigenvalue weighted by atomic mass is 16.5. The minimum absolute atomic E-state index is 0.549. The van der Waals surface area contributed by atoms with Crippen LogP contribution in [-0.2, 0) is 9.47 Å². The summed E-state index contributed by atoms with van der Waals surface area (Å²) in [5, 5.41) is 6.91. The smallest absolute Gasteiger partial charge is 0.0466 e.